The number of benzene rings is 1. The predicted octanol–water partition coefficient (Wildman–Crippen LogP) is 3.31. The lowest BCUT2D eigenvalue weighted by atomic mass is 9.82. The first-order chi connectivity index (χ1) is 7.72. The van der Waals surface area contributed by atoms with Gasteiger partial charge in [-0.3, -0.25) is 0 Å². The molecule has 0 fully saturated rings. The van der Waals surface area contributed by atoms with Crippen LogP contribution in [0, 0.1) is 0 Å². The van der Waals surface area contributed by atoms with Crippen molar-refractivity contribution in [3.8, 4) is 5.75 Å². The molecule has 0 saturated carbocycles. The maximum atomic E-state index is 11.5. The molecule has 0 aliphatic carbocycles. The fourth-order valence-corrected chi connectivity index (χ4v) is 2.51. The van der Waals surface area contributed by atoms with Crippen LogP contribution < -0.4 is 4.74 Å². The van der Waals surface area contributed by atoms with Crippen molar-refractivity contribution in [1.82, 2.24) is 0 Å². The molecule has 1 aromatic carbocycles. The maximum Gasteiger partial charge on any atom is 0.264 e. The fourth-order valence-electron chi connectivity index (χ4n) is 1.49. The number of hydrogen-bond donors (Lipinski definition) is 0. The van der Waals surface area contributed by atoms with E-state index in [0.29, 0.717) is 0 Å². The molecule has 0 radical (unpaired) electrons. The van der Waals surface area contributed by atoms with Crippen LogP contribution in [0.15, 0.2) is 23.1 Å². The average molecular weight is 277 g/mol. The second kappa shape index (κ2) is 4.86. The zero-order valence-corrected chi connectivity index (χ0v) is 12.0. The topological polar surface area (TPSA) is 43.4 Å². The summed E-state index contributed by atoms with van der Waals surface area (Å²) in [5, 5.41) is 0. The van der Waals surface area contributed by atoms with Crippen LogP contribution in [0.1, 0.15) is 32.8 Å². The zero-order chi connectivity index (χ0) is 13.3. The normalized spacial score (nSPS) is 12.5. The predicted molar refractivity (Wildman–Crippen MR) is 69.3 cm³/mol. The van der Waals surface area contributed by atoms with E-state index in [0.717, 1.165) is 12.0 Å². The van der Waals surface area contributed by atoms with Gasteiger partial charge in [0.05, 0.1) is 7.11 Å². The molecular weight excluding hydrogens is 260 g/mol. The lowest BCUT2D eigenvalue weighted by Gasteiger charge is -2.24. The van der Waals surface area contributed by atoms with E-state index >= 15 is 0 Å². The first-order valence-corrected chi connectivity index (χ1v) is 7.66. The van der Waals surface area contributed by atoms with Gasteiger partial charge >= 0.3 is 0 Å². The van der Waals surface area contributed by atoms with Crippen molar-refractivity contribution in [1.29, 1.82) is 0 Å². The largest absolute Gasteiger partial charge is 0.495 e. The van der Waals surface area contributed by atoms with Gasteiger partial charge in [-0.2, -0.15) is 0 Å². The molecule has 0 saturated heterocycles. The Balaban J connectivity index is 3.43. The number of hydrogen-bond acceptors (Lipinski definition) is 3. The molecule has 0 unspecified atom stereocenters. The van der Waals surface area contributed by atoms with Crippen molar-refractivity contribution in [2.45, 2.75) is 37.5 Å². The second-order valence-corrected chi connectivity index (χ2v) is 7.08. The average Bonchev–Trinajstić information content (AvgIpc) is 2.27. The molecule has 3 nitrogen and oxygen atoms in total. The molecule has 0 heterocycles. The lowest BCUT2D eigenvalue weighted by Crippen LogP contribution is -2.16. The van der Waals surface area contributed by atoms with Crippen molar-refractivity contribution in [3.05, 3.63) is 23.8 Å². The molecule has 0 aromatic heterocycles. The molecule has 0 aliphatic rings. The van der Waals surface area contributed by atoms with Gasteiger partial charge in [-0.1, -0.05) is 26.8 Å². The highest BCUT2D eigenvalue weighted by atomic mass is 35.7. The van der Waals surface area contributed by atoms with Gasteiger partial charge in [0.1, 0.15) is 10.6 Å². The van der Waals surface area contributed by atoms with Gasteiger partial charge in [0.25, 0.3) is 9.05 Å². The first-order valence-electron chi connectivity index (χ1n) is 5.35. The van der Waals surface area contributed by atoms with E-state index < -0.39 is 9.05 Å². The SMILES string of the molecule is CCC(C)(C)c1ccc(OC)c(S(=O)(=O)Cl)c1. The molecule has 1 rings (SSSR count). The van der Waals surface area contributed by atoms with Crippen molar-refractivity contribution in [2.75, 3.05) is 7.11 Å². The Labute approximate surface area is 107 Å². The summed E-state index contributed by atoms with van der Waals surface area (Å²) in [4.78, 5) is 0.0284. The maximum absolute atomic E-state index is 11.5. The van der Waals surface area contributed by atoms with E-state index in [1.807, 2.05) is 6.07 Å². The van der Waals surface area contributed by atoms with Crippen LogP contribution in [0.25, 0.3) is 0 Å². The molecule has 0 spiro atoms. The Morgan fingerprint density at radius 1 is 1.35 bits per heavy atom. The minimum atomic E-state index is -3.79. The van der Waals surface area contributed by atoms with Crippen molar-refractivity contribution in [3.63, 3.8) is 0 Å². The summed E-state index contributed by atoms with van der Waals surface area (Å²) in [5.41, 5.74) is 0.836. The van der Waals surface area contributed by atoms with Gasteiger partial charge in [0, 0.05) is 10.7 Å². The smallest absolute Gasteiger partial charge is 0.264 e. The van der Waals surface area contributed by atoms with Crippen molar-refractivity contribution in [2.24, 2.45) is 0 Å². The summed E-state index contributed by atoms with van der Waals surface area (Å²) in [5.74, 6) is 0.274. The van der Waals surface area contributed by atoms with Crippen LogP contribution in [0.3, 0.4) is 0 Å². The van der Waals surface area contributed by atoms with E-state index in [4.69, 9.17) is 15.4 Å². The summed E-state index contributed by atoms with van der Waals surface area (Å²) in [6.45, 7) is 6.16. The Morgan fingerprint density at radius 3 is 2.35 bits per heavy atom. The summed E-state index contributed by atoms with van der Waals surface area (Å²) in [6.07, 6.45) is 0.904. The van der Waals surface area contributed by atoms with Gasteiger partial charge < -0.3 is 4.74 Å². The molecular formula is C12H17ClO3S. The van der Waals surface area contributed by atoms with Crippen LogP contribution in [0.5, 0.6) is 5.75 Å². The third kappa shape index (κ3) is 3.13. The molecule has 5 heteroatoms. The second-order valence-electron chi connectivity index (χ2n) is 4.54. The Hall–Kier alpha value is -0.740. The molecule has 0 aliphatic heterocycles. The van der Waals surface area contributed by atoms with Crippen LogP contribution >= 0.6 is 10.7 Å². The monoisotopic (exact) mass is 276 g/mol. The van der Waals surface area contributed by atoms with E-state index in [1.54, 1.807) is 12.1 Å². The highest BCUT2D eigenvalue weighted by Crippen LogP contribution is 2.34. The standard InChI is InChI=1S/C12H17ClO3S/c1-5-12(2,3)9-6-7-10(16-4)11(8-9)17(13,14)15/h6-8H,5H2,1-4H3. The number of methoxy groups -OCH3 is 1. The molecule has 0 amide bonds. The Bertz CT molecular complexity index is 506. The van der Waals surface area contributed by atoms with Crippen LogP contribution in [0.4, 0.5) is 0 Å². The number of rotatable bonds is 4. The van der Waals surface area contributed by atoms with Crippen molar-refractivity contribution < 1.29 is 13.2 Å². The minimum Gasteiger partial charge on any atom is -0.495 e. The van der Waals surface area contributed by atoms with E-state index in [1.165, 1.54) is 7.11 Å². The highest BCUT2D eigenvalue weighted by Gasteiger charge is 2.23. The Morgan fingerprint density at radius 2 is 1.94 bits per heavy atom. The zero-order valence-electron chi connectivity index (χ0n) is 10.5. The third-order valence-electron chi connectivity index (χ3n) is 3.09. The van der Waals surface area contributed by atoms with Crippen LogP contribution in [0.2, 0.25) is 0 Å². The van der Waals surface area contributed by atoms with Gasteiger partial charge in [-0.15, -0.1) is 0 Å². The fraction of sp³-hybridized carbons (Fsp3) is 0.500. The highest BCUT2D eigenvalue weighted by molar-refractivity contribution is 8.13. The van der Waals surface area contributed by atoms with Gasteiger partial charge in [-0.25, -0.2) is 8.42 Å². The lowest BCUT2D eigenvalue weighted by molar-refractivity contribution is 0.401. The molecule has 0 N–H and O–H groups in total. The quantitative estimate of drug-likeness (QED) is 0.793. The van der Waals surface area contributed by atoms with Gasteiger partial charge in [0.2, 0.25) is 0 Å². The van der Waals surface area contributed by atoms with Gasteiger partial charge in [0.15, 0.2) is 0 Å². The minimum absolute atomic E-state index is 0.0284. The number of halogens is 1. The Kier molecular flexibility index (Phi) is 4.10. The molecule has 1 aromatic rings. The molecule has 0 atom stereocenters. The number of ether oxygens (including phenoxy) is 1. The van der Waals surface area contributed by atoms with Crippen molar-refractivity contribution >= 4 is 19.7 Å². The van der Waals surface area contributed by atoms with Gasteiger partial charge in [-0.05, 0) is 29.5 Å². The summed E-state index contributed by atoms with van der Waals surface area (Å²) >= 11 is 0. The first kappa shape index (κ1) is 14.3. The summed E-state index contributed by atoms with van der Waals surface area (Å²) in [7, 11) is 3.03. The van der Waals surface area contributed by atoms with Crippen LogP contribution in [-0.2, 0) is 14.5 Å². The van der Waals surface area contributed by atoms with E-state index in [-0.39, 0.29) is 16.1 Å². The molecule has 0 bridgehead atoms. The van der Waals surface area contributed by atoms with E-state index in [2.05, 4.69) is 20.8 Å². The summed E-state index contributed by atoms with van der Waals surface area (Å²) in [6, 6.07) is 5.10. The molecule has 17 heavy (non-hydrogen) atoms. The summed E-state index contributed by atoms with van der Waals surface area (Å²) < 4.78 is 27.9. The molecule has 96 valence electrons. The third-order valence-corrected chi connectivity index (χ3v) is 4.43. The van der Waals surface area contributed by atoms with E-state index in [9.17, 15) is 8.42 Å². The van der Waals surface area contributed by atoms with Crippen LogP contribution in [-0.4, -0.2) is 15.5 Å².